The van der Waals surface area contributed by atoms with Crippen LogP contribution < -0.4 is 15.0 Å². The number of carbonyl (C=O) groups is 2. The molecule has 0 aliphatic carbocycles. The topological polar surface area (TPSA) is 80.8 Å². The molecule has 3 aromatic carbocycles. The maximum Gasteiger partial charge on any atom is 0.414 e. The molecule has 0 radical (unpaired) electrons. The molecule has 0 atom stereocenters. The molecule has 1 aromatic heterocycles. The smallest absolute Gasteiger partial charge is 0.414 e. The van der Waals surface area contributed by atoms with Crippen molar-refractivity contribution in [1.82, 2.24) is 4.98 Å². The van der Waals surface area contributed by atoms with Gasteiger partial charge in [0, 0.05) is 41.1 Å². The van der Waals surface area contributed by atoms with Gasteiger partial charge < -0.3 is 14.8 Å². The maximum atomic E-state index is 14.6. The van der Waals surface area contributed by atoms with Gasteiger partial charge in [0.25, 0.3) is 5.91 Å². The first-order chi connectivity index (χ1) is 18.7. The third-order valence-corrected chi connectivity index (χ3v) is 6.40. The van der Waals surface area contributed by atoms with Gasteiger partial charge in [0.2, 0.25) is 0 Å². The minimum atomic E-state index is -0.591. The first-order valence-corrected chi connectivity index (χ1v) is 12.9. The van der Waals surface area contributed by atoms with Crippen molar-refractivity contribution in [3.05, 3.63) is 95.6 Å². The number of pyridine rings is 1. The fourth-order valence-corrected chi connectivity index (χ4v) is 4.59. The number of nitrogens with zero attached hydrogens (tertiary/aromatic N) is 2. The summed E-state index contributed by atoms with van der Waals surface area (Å²) < 4.78 is 25.9. The summed E-state index contributed by atoms with van der Waals surface area (Å²) in [5.41, 5.74) is 2.78. The number of hydrogen-bond donors (Lipinski definition) is 1. The van der Waals surface area contributed by atoms with Gasteiger partial charge in [0.05, 0.1) is 5.69 Å². The standard InChI is InChI=1S/C31H30FN3O4/c1-31(2,3)39-30(37)35-14-6-8-20-15-24(11-13-27(20)35)34-29(36)21-10-12-26(32)28(16-21)38-19-23-18-33-17-22-7-4-5-9-25(22)23/h4-5,7,9-13,15-18H,6,8,14,19H2,1-3H3,(H,34,36). The van der Waals surface area contributed by atoms with Gasteiger partial charge in [-0.1, -0.05) is 24.3 Å². The molecule has 200 valence electrons. The number of fused-ring (bicyclic) bond motifs is 2. The van der Waals surface area contributed by atoms with E-state index < -0.39 is 23.4 Å². The molecule has 0 bridgehead atoms. The van der Waals surface area contributed by atoms with Crippen LogP contribution in [-0.2, 0) is 17.8 Å². The third-order valence-electron chi connectivity index (χ3n) is 6.40. The molecule has 2 heterocycles. The van der Waals surface area contributed by atoms with E-state index in [0.717, 1.165) is 40.4 Å². The SMILES string of the molecule is CC(C)(C)OC(=O)N1CCCc2cc(NC(=O)c3ccc(F)c(OCc4cncc5ccccc45)c3)ccc21. The van der Waals surface area contributed by atoms with Gasteiger partial charge in [0.15, 0.2) is 11.6 Å². The second-order valence-corrected chi connectivity index (χ2v) is 10.5. The van der Waals surface area contributed by atoms with Crippen LogP contribution in [0.5, 0.6) is 5.75 Å². The number of aromatic nitrogens is 1. The summed E-state index contributed by atoms with van der Waals surface area (Å²) in [7, 11) is 0. The number of benzene rings is 3. The Bertz CT molecular complexity index is 1540. The first kappa shape index (κ1) is 26.2. The average molecular weight is 528 g/mol. The predicted octanol–water partition coefficient (Wildman–Crippen LogP) is 6.89. The Hall–Kier alpha value is -4.46. The molecule has 4 aromatic rings. The number of nitrogens with one attached hydrogen (secondary N) is 1. The van der Waals surface area contributed by atoms with Crippen molar-refractivity contribution in [1.29, 1.82) is 0 Å². The van der Waals surface area contributed by atoms with E-state index in [1.54, 1.807) is 23.4 Å². The van der Waals surface area contributed by atoms with E-state index in [2.05, 4.69) is 10.3 Å². The summed E-state index contributed by atoms with van der Waals surface area (Å²) in [6, 6.07) is 17.2. The highest BCUT2D eigenvalue weighted by molar-refractivity contribution is 6.04. The van der Waals surface area contributed by atoms with Crippen molar-refractivity contribution in [2.75, 3.05) is 16.8 Å². The number of carbonyl (C=O) groups excluding carboxylic acids is 2. The Morgan fingerprint density at radius 2 is 1.87 bits per heavy atom. The quantitative estimate of drug-likeness (QED) is 0.306. The van der Waals surface area contributed by atoms with Crippen LogP contribution in [0, 0.1) is 5.82 Å². The molecule has 5 rings (SSSR count). The lowest BCUT2D eigenvalue weighted by Crippen LogP contribution is -2.39. The van der Waals surface area contributed by atoms with E-state index in [0.29, 0.717) is 12.2 Å². The van der Waals surface area contributed by atoms with Gasteiger partial charge in [-0.3, -0.25) is 14.7 Å². The van der Waals surface area contributed by atoms with Crippen LogP contribution in [0.4, 0.5) is 20.6 Å². The predicted molar refractivity (Wildman–Crippen MR) is 149 cm³/mol. The molecule has 1 aliphatic rings. The van der Waals surface area contributed by atoms with E-state index in [-0.39, 0.29) is 17.9 Å². The van der Waals surface area contributed by atoms with Gasteiger partial charge in [0.1, 0.15) is 12.2 Å². The second-order valence-electron chi connectivity index (χ2n) is 10.5. The van der Waals surface area contributed by atoms with E-state index in [1.807, 2.05) is 57.2 Å². The fourth-order valence-electron chi connectivity index (χ4n) is 4.59. The Labute approximate surface area is 226 Å². The van der Waals surface area contributed by atoms with Crippen LogP contribution in [-0.4, -0.2) is 29.1 Å². The zero-order chi connectivity index (χ0) is 27.6. The van der Waals surface area contributed by atoms with Gasteiger partial charge in [-0.05, 0) is 81.0 Å². The molecule has 39 heavy (non-hydrogen) atoms. The number of ether oxygens (including phenoxy) is 2. The van der Waals surface area contributed by atoms with Crippen molar-refractivity contribution < 1.29 is 23.5 Å². The summed E-state index contributed by atoms with van der Waals surface area (Å²) in [5.74, 6) is -0.976. The number of rotatable bonds is 5. The minimum Gasteiger partial charge on any atom is -0.486 e. The molecular weight excluding hydrogens is 497 g/mol. The van der Waals surface area contributed by atoms with Crippen LogP contribution in [0.1, 0.15) is 48.7 Å². The normalized spacial score (nSPS) is 13.1. The van der Waals surface area contributed by atoms with Crippen molar-refractivity contribution in [2.24, 2.45) is 0 Å². The number of halogens is 1. The summed E-state index contributed by atoms with van der Waals surface area (Å²) in [6.45, 7) is 6.18. The molecule has 0 saturated carbocycles. The highest BCUT2D eigenvalue weighted by Crippen LogP contribution is 2.31. The largest absolute Gasteiger partial charge is 0.486 e. The van der Waals surface area contributed by atoms with Crippen molar-refractivity contribution in [3.8, 4) is 5.75 Å². The highest BCUT2D eigenvalue weighted by Gasteiger charge is 2.27. The van der Waals surface area contributed by atoms with E-state index in [9.17, 15) is 14.0 Å². The molecule has 0 fully saturated rings. The molecule has 2 amide bonds. The Kier molecular flexibility index (Phi) is 7.19. The van der Waals surface area contributed by atoms with Gasteiger partial charge in [-0.2, -0.15) is 0 Å². The summed E-state index contributed by atoms with van der Waals surface area (Å²) in [5, 5.41) is 4.81. The Morgan fingerprint density at radius 1 is 1.05 bits per heavy atom. The molecular formula is C31H30FN3O4. The van der Waals surface area contributed by atoms with Crippen LogP contribution in [0.15, 0.2) is 73.1 Å². The second kappa shape index (κ2) is 10.7. The summed E-state index contributed by atoms with van der Waals surface area (Å²) in [4.78, 5) is 31.6. The van der Waals surface area contributed by atoms with Crippen molar-refractivity contribution in [3.63, 3.8) is 0 Å². The number of amides is 2. The maximum absolute atomic E-state index is 14.6. The Balaban J connectivity index is 1.29. The van der Waals surface area contributed by atoms with Crippen molar-refractivity contribution >= 4 is 34.1 Å². The monoisotopic (exact) mass is 527 g/mol. The van der Waals surface area contributed by atoms with Gasteiger partial charge in [-0.25, -0.2) is 9.18 Å². The first-order valence-electron chi connectivity index (χ1n) is 12.9. The van der Waals surface area contributed by atoms with Gasteiger partial charge in [-0.15, -0.1) is 0 Å². The lowest BCUT2D eigenvalue weighted by Gasteiger charge is -2.32. The molecule has 8 heteroatoms. The Morgan fingerprint density at radius 3 is 2.69 bits per heavy atom. The van der Waals surface area contributed by atoms with Crippen LogP contribution >= 0.6 is 0 Å². The molecule has 0 spiro atoms. The highest BCUT2D eigenvalue weighted by atomic mass is 19.1. The molecule has 7 nitrogen and oxygen atoms in total. The number of hydrogen-bond acceptors (Lipinski definition) is 5. The minimum absolute atomic E-state index is 0.0194. The average Bonchev–Trinajstić information content (AvgIpc) is 2.91. The molecule has 1 N–H and O–H groups in total. The number of aryl methyl sites for hydroxylation is 1. The van der Waals surface area contributed by atoms with Crippen LogP contribution in [0.3, 0.4) is 0 Å². The lowest BCUT2D eigenvalue weighted by molar-refractivity contribution is 0.0577. The zero-order valence-corrected chi connectivity index (χ0v) is 22.2. The number of anilines is 2. The van der Waals surface area contributed by atoms with E-state index in [1.165, 1.54) is 18.2 Å². The molecule has 0 saturated heterocycles. The van der Waals surface area contributed by atoms with Crippen molar-refractivity contribution in [2.45, 2.75) is 45.8 Å². The van der Waals surface area contributed by atoms with Crippen LogP contribution in [0.2, 0.25) is 0 Å². The molecule has 1 aliphatic heterocycles. The lowest BCUT2D eigenvalue weighted by atomic mass is 10.0. The fraction of sp³-hybridized carbons (Fsp3) is 0.258. The van der Waals surface area contributed by atoms with Gasteiger partial charge >= 0.3 is 6.09 Å². The van der Waals surface area contributed by atoms with E-state index in [4.69, 9.17) is 9.47 Å². The third kappa shape index (κ3) is 6.00. The molecule has 0 unspecified atom stereocenters. The summed E-state index contributed by atoms with van der Waals surface area (Å²) in [6.07, 6.45) is 4.62. The zero-order valence-electron chi connectivity index (χ0n) is 22.2. The van der Waals surface area contributed by atoms with Crippen LogP contribution in [0.25, 0.3) is 10.8 Å². The van der Waals surface area contributed by atoms with E-state index >= 15 is 0 Å². The summed E-state index contributed by atoms with van der Waals surface area (Å²) >= 11 is 0.